The summed E-state index contributed by atoms with van der Waals surface area (Å²) in [6.45, 7) is 2.72. The lowest BCUT2D eigenvalue weighted by atomic mass is 9.60. The van der Waals surface area contributed by atoms with Gasteiger partial charge in [-0.15, -0.1) is 0 Å². The molecule has 0 radical (unpaired) electrons. The van der Waals surface area contributed by atoms with Gasteiger partial charge in [0, 0.05) is 18.6 Å². The topological polar surface area (TPSA) is 39.7 Å². The molecule has 0 bridgehead atoms. The van der Waals surface area contributed by atoms with Gasteiger partial charge in [-0.2, -0.15) is 0 Å². The summed E-state index contributed by atoms with van der Waals surface area (Å²) in [5, 5.41) is 3.45. The third-order valence-corrected chi connectivity index (χ3v) is 4.65. The van der Waals surface area contributed by atoms with Crippen molar-refractivity contribution < 1.29 is 14.2 Å². The van der Waals surface area contributed by atoms with E-state index in [0.717, 1.165) is 6.42 Å². The highest BCUT2D eigenvalue weighted by molar-refractivity contribution is 5.09. The lowest BCUT2D eigenvalue weighted by molar-refractivity contribution is -0.140. The van der Waals surface area contributed by atoms with Crippen molar-refractivity contribution in [3.63, 3.8) is 0 Å². The van der Waals surface area contributed by atoms with Crippen molar-refractivity contribution in [1.82, 2.24) is 5.32 Å². The summed E-state index contributed by atoms with van der Waals surface area (Å²) in [6, 6.07) is 0.666. The zero-order valence-corrected chi connectivity index (χ0v) is 11.7. The third-order valence-electron chi connectivity index (χ3n) is 4.65. The summed E-state index contributed by atoms with van der Waals surface area (Å²) < 4.78 is 16.4. The minimum atomic E-state index is 0.432. The van der Waals surface area contributed by atoms with Crippen molar-refractivity contribution in [3.8, 4) is 0 Å². The standard InChI is InChI=1S/C14H27NO3/c1-15-12-11-13(14(12)5-3-4-6-14)18-10-9-17-8-7-16-2/h12-13,15H,3-11H2,1-2H3. The largest absolute Gasteiger partial charge is 0.382 e. The Morgan fingerprint density at radius 1 is 1.11 bits per heavy atom. The van der Waals surface area contributed by atoms with Crippen molar-refractivity contribution >= 4 is 0 Å². The molecule has 2 saturated carbocycles. The van der Waals surface area contributed by atoms with Gasteiger partial charge in [-0.3, -0.25) is 0 Å². The minimum Gasteiger partial charge on any atom is -0.382 e. The molecule has 2 aliphatic carbocycles. The summed E-state index contributed by atoms with van der Waals surface area (Å²) in [4.78, 5) is 0. The Morgan fingerprint density at radius 3 is 2.50 bits per heavy atom. The van der Waals surface area contributed by atoms with Gasteiger partial charge in [-0.25, -0.2) is 0 Å². The molecule has 106 valence electrons. The Morgan fingerprint density at radius 2 is 1.83 bits per heavy atom. The van der Waals surface area contributed by atoms with Gasteiger partial charge in [0.2, 0.25) is 0 Å². The quantitative estimate of drug-likeness (QED) is 0.670. The van der Waals surface area contributed by atoms with E-state index in [9.17, 15) is 0 Å². The zero-order valence-electron chi connectivity index (χ0n) is 11.7. The maximum atomic E-state index is 6.02. The minimum absolute atomic E-state index is 0.432. The average Bonchev–Trinajstić information content (AvgIpc) is 2.88. The highest BCUT2D eigenvalue weighted by Gasteiger charge is 2.55. The molecule has 2 rings (SSSR count). The van der Waals surface area contributed by atoms with Crippen LogP contribution >= 0.6 is 0 Å². The second kappa shape index (κ2) is 6.85. The molecule has 1 N–H and O–H groups in total. The molecule has 2 fully saturated rings. The lowest BCUT2D eigenvalue weighted by Crippen LogP contribution is -2.62. The predicted octanol–water partition coefficient (Wildman–Crippen LogP) is 1.59. The molecule has 0 aromatic carbocycles. The van der Waals surface area contributed by atoms with Crippen LogP contribution in [0.1, 0.15) is 32.1 Å². The molecule has 0 heterocycles. The molecule has 0 amide bonds. The van der Waals surface area contributed by atoms with E-state index in [2.05, 4.69) is 12.4 Å². The summed E-state index contributed by atoms with van der Waals surface area (Å²) in [6.07, 6.45) is 6.99. The van der Waals surface area contributed by atoms with Crippen molar-refractivity contribution in [1.29, 1.82) is 0 Å². The number of ether oxygens (including phenoxy) is 3. The van der Waals surface area contributed by atoms with Gasteiger partial charge in [0.25, 0.3) is 0 Å². The molecule has 2 aliphatic rings. The van der Waals surface area contributed by atoms with Crippen LogP contribution in [0.3, 0.4) is 0 Å². The maximum Gasteiger partial charge on any atom is 0.0704 e. The molecule has 4 nitrogen and oxygen atoms in total. The first-order valence-electron chi connectivity index (χ1n) is 7.19. The number of nitrogens with one attached hydrogen (secondary N) is 1. The maximum absolute atomic E-state index is 6.02. The molecule has 18 heavy (non-hydrogen) atoms. The van der Waals surface area contributed by atoms with E-state index in [4.69, 9.17) is 14.2 Å². The van der Waals surface area contributed by atoms with E-state index in [1.807, 2.05) is 0 Å². The Balaban J connectivity index is 1.64. The van der Waals surface area contributed by atoms with Gasteiger partial charge in [0.15, 0.2) is 0 Å². The van der Waals surface area contributed by atoms with Crippen LogP contribution in [-0.2, 0) is 14.2 Å². The first kappa shape index (κ1) is 14.3. The van der Waals surface area contributed by atoms with Crippen LogP contribution in [0.2, 0.25) is 0 Å². The Kier molecular flexibility index (Phi) is 5.42. The van der Waals surface area contributed by atoms with Gasteiger partial charge in [0.1, 0.15) is 0 Å². The predicted molar refractivity (Wildman–Crippen MR) is 70.8 cm³/mol. The summed E-state index contributed by atoms with van der Waals surface area (Å²) in [5.41, 5.74) is 0.432. The molecular weight excluding hydrogens is 230 g/mol. The first-order valence-corrected chi connectivity index (χ1v) is 7.19. The molecule has 0 aromatic heterocycles. The van der Waals surface area contributed by atoms with E-state index in [-0.39, 0.29) is 0 Å². The van der Waals surface area contributed by atoms with Gasteiger partial charge >= 0.3 is 0 Å². The van der Waals surface area contributed by atoms with Gasteiger partial charge in [0.05, 0.1) is 32.5 Å². The van der Waals surface area contributed by atoms with E-state index in [1.165, 1.54) is 25.7 Å². The van der Waals surface area contributed by atoms with Crippen molar-refractivity contribution in [2.24, 2.45) is 5.41 Å². The fourth-order valence-corrected chi connectivity index (χ4v) is 3.58. The monoisotopic (exact) mass is 257 g/mol. The number of hydrogen-bond donors (Lipinski definition) is 1. The second-order valence-electron chi connectivity index (χ2n) is 5.48. The fourth-order valence-electron chi connectivity index (χ4n) is 3.58. The Labute approximate surface area is 110 Å². The highest BCUT2D eigenvalue weighted by Crippen LogP contribution is 2.54. The molecule has 2 atom stereocenters. The van der Waals surface area contributed by atoms with E-state index >= 15 is 0 Å². The van der Waals surface area contributed by atoms with Crippen LogP contribution < -0.4 is 5.32 Å². The molecule has 4 heteroatoms. The van der Waals surface area contributed by atoms with Crippen LogP contribution in [0.15, 0.2) is 0 Å². The normalized spacial score (nSPS) is 29.7. The van der Waals surface area contributed by atoms with Crippen molar-refractivity contribution in [2.45, 2.75) is 44.2 Å². The van der Waals surface area contributed by atoms with Crippen LogP contribution in [0, 0.1) is 5.41 Å². The number of methoxy groups -OCH3 is 1. The number of rotatable bonds is 8. The molecule has 0 saturated heterocycles. The smallest absolute Gasteiger partial charge is 0.0704 e. The van der Waals surface area contributed by atoms with Crippen LogP contribution in [-0.4, -0.2) is 52.7 Å². The second-order valence-corrected chi connectivity index (χ2v) is 5.48. The average molecular weight is 257 g/mol. The molecular formula is C14H27NO3. The van der Waals surface area contributed by atoms with E-state index < -0.39 is 0 Å². The highest BCUT2D eigenvalue weighted by atomic mass is 16.5. The third kappa shape index (κ3) is 2.87. The molecule has 2 unspecified atom stereocenters. The lowest BCUT2D eigenvalue weighted by Gasteiger charge is -2.54. The van der Waals surface area contributed by atoms with Gasteiger partial charge < -0.3 is 19.5 Å². The first-order chi connectivity index (χ1) is 8.83. The van der Waals surface area contributed by atoms with E-state index in [1.54, 1.807) is 7.11 Å². The zero-order chi connectivity index (χ0) is 12.8. The van der Waals surface area contributed by atoms with Crippen LogP contribution in [0.5, 0.6) is 0 Å². The molecule has 1 spiro atoms. The SMILES string of the molecule is CNC1CC(OCCOCCOC)C12CCCC2. The Bertz CT molecular complexity index is 241. The van der Waals surface area contributed by atoms with Gasteiger partial charge in [-0.05, 0) is 26.3 Å². The van der Waals surface area contributed by atoms with Crippen LogP contribution in [0.25, 0.3) is 0 Å². The summed E-state index contributed by atoms with van der Waals surface area (Å²) in [7, 11) is 3.77. The molecule has 0 aliphatic heterocycles. The molecule has 0 aromatic rings. The van der Waals surface area contributed by atoms with Gasteiger partial charge in [-0.1, -0.05) is 12.8 Å². The Hall–Kier alpha value is -0.160. The van der Waals surface area contributed by atoms with E-state index in [0.29, 0.717) is 44.0 Å². The van der Waals surface area contributed by atoms with Crippen molar-refractivity contribution in [2.75, 3.05) is 40.6 Å². The number of hydrogen-bond acceptors (Lipinski definition) is 4. The van der Waals surface area contributed by atoms with Crippen LogP contribution in [0.4, 0.5) is 0 Å². The summed E-state index contributed by atoms with van der Waals surface area (Å²) in [5.74, 6) is 0. The van der Waals surface area contributed by atoms with Crippen molar-refractivity contribution in [3.05, 3.63) is 0 Å². The fraction of sp³-hybridized carbons (Fsp3) is 1.00. The summed E-state index contributed by atoms with van der Waals surface area (Å²) >= 11 is 0.